The lowest BCUT2D eigenvalue weighted by Gasteiger charge is -2.07. The van der Waals surface area contributed by atoms with Gasteiger partial charge in [-0.05, 0) is 44.0 Å². The maximum Gasteiger partial charge on any atom is 0.313 e. The molecule has 2 rings (SSSR count). The lowest BCUT2D eigenvalue weighted by molar-refractivity contribution is -0.133. The second kappa shape index (κ2) is 6.05. The molecule has 1 N–H and O–H groups in total. The molecule has 1 aromatic carbocycles. The van der Waals surface area contributed by atoms with Gasteiger partial charge in [0.25, 0.3) is 0 Å². The quantitative estimate of drug-likeness (QED) is 0.691. The maximum atomic E-state index is 10.6. The van der Waals surface area contributed by atoms with Gasteiger partial charge in [0, 0.05) is 11.3 Å². The van der Waals surface area contributed by atoms with E-state index in [9.17, 15) is 4.79 Å². The van der Waals surface area contributed by atoms with Gasteiger partial charge < -0.3 is 5.11 Å². The average molecular weight is 288 g/mol. The van der Waals surface area contributed by atoms with Crippen molar-refractivity contribution in [3.63, 3.8) is 0 Å². The highest BCUT2D eigenvalue weighted by Gasteiger charge is 2.08. The van der Waals surface area contributed by atoms with Gasteiger partial charge in [-0.2, -0.15) is 0 Å². The number of nitrogens with zero attached hydrogens (tertiary/aromatic N) is 2. The average Bonchev–Trinajstić information content (AvgIpc) is 2.39. The van der Waals surface area contributed by atoms with Crippen LogP contribution < -0.4 is 0 Å². The van der Waals surface area contributed by atoms with Gasteiger partial charge >= 0.3 is 5.97 Å². The SMILES string of the molecule is Cc1cc(-c2ccc(C)c(C)c2)nc(SCC(=O)O)n1. The van der Waals surface area contributed by atoms with Crippen LogP contribution in [0.15, 0.2) is 29.4 Å². The second-order valence-electron chi connectivity index (χ2n) is 4.66. The molecular formula is C15H16N2O2S. The van der Waals surface area contributed by atoms with E-state index in [0.29, 0.717) is 5.16 Å². The molecule has 4 nitrogen and oxygen atoms in total. The molecule has 0 aliphatic rings. The summed E-state index contributed by atoms with van der Waals surface area (Å²) in [7, 11) is 0. The van der Waals surface area contributed by atoms with Crippen LogP contribution in [0.5, 0.6) is 0 Å². The van der Waals surface area contributed by atoms with Crippen molar-refractivity contribution >= 4 is 17.7 Å². The normalized spacial score (nSPS) is 10.6. The third kappa shape index (κ3) is 3.57. The van der Waals surface area contributed by atoms with Crippen molar-refractivity contribution in [2.24, 2.45) is 0 Å². The number of hydrogen-bond acceptors (Lipinski definition) is 4. The summed E-state index contributed by atoms with van der Waals surface area (Å²) in [4.78, 5) is 19.3. The summed E-state index contributed by atoms with van der Waals surface area (Å²) in [6.45, 7) is 6.02. The number of benzene rings is 1. The first kappa shape index (κ1) is 14.5. The van der Waals surface area contributed by atoms with Crippen molar-refractivity contribution in [1.82, 2.24) is 9.97 Å². The Hall–Kier alpha value is -1.88. The summed E-state index contributed by atoms with van der Waals surface area (Å²) >= 11 is 1.14. The molecular weight excluding hydrogens is 272 g/mol. The van der Waals surface area contributed by atoms with Crippen LogP contribution in [0.2, 0.25) is 0 Å². The second-order valence-corrected chi connectivity index (χ2v) is 5.60. The molecule has 20 heavy (non-hydrogen) atoms. The number of carboxylic acids is 1. The fourth-order valence-corrected chi connectivity index (χ4v) is 2.40. The first-order chi connectivity index (χ1) is 9.45. The summed E-state index contributed by atoms with van der Waals surface area (Å²) in [5, 5.41) is 9.22. The van der Waals surface area contributed by atoms with Gasteiger partial charge in [0.1, 0.15) is 0 Å². The third-order valence-electron chi connectivity index (χ3n) is 2.96. The Morgan fingerprint density at radius 2 is 1.90 bits per heavy atom. The smallest absolute Gasteiger partial charge is 0.313 e. The van der Waals surface area contributed by atoms with Crippen molar-refractivity contribution in [2.75, 3.05) is 5.75 Å². The number of aromatic nitrogens is 2. The molecule has 0 aliphatic carbocycles. The highest BCUT2D eigenvalue weighted by Crippen LogP contribution is 2.23. The van der Waals surface area contributed by atoms with Gasteiger partial charge in [-0.25, -0.2) is 9.97 Å². The summed E-state index contributed by atoms with van der Waals surface area (Å²) in [6, 6.07) is 8.08. The number of aryl methyl sites for hydroxylation is 3. The van der Waals surface area contributed by atoms with Crippen LogP contribution in [-0.4, -0.2) is 26.8 Å². The molecule has 1 heterocycles. The monoisotopic (exact) mass is 288 g/mol. The number of thioether (sulfide) groups is 1. The van der Waals surface area contributed by atoms with Crippen molar-refractivity contribution in [1.29, 1.82) is 0 Å². The zero-order valence-corrected chi connectivity index (χ0v) is 12.5. The van der Waals surface area contributed by atoms with Gasteiger partial charge in [0.05, 0.1) is 11.4 Å². The first-order valence-electron chi connectivity index (χ1n) is 6.23. The third-order valence-corrected chi connectivity index (χ3v) is 3.79. The van der Waals surface area contributed by atoms with E-state index in [4.69, 9.17) is 5.11 Å². The van der Waals surface area contributed by atoms with Crippen LogP contribution in [0.1, 0.15) is 16.8 Å². The Kier molecular flexibility index (Phi) is 4.39. The number of carboxylic acid groups (broad SMARTS) is 1. The molecule has 0 aliphatic heterocycles. The lowest BCUT2D eigenvalue weighted by Crippen LogP contribution is -2.00. The van der Waals surface area contributed by atoms with Gasteiger partial charge in [-0.1, -0.05) is 23.9 Å². The van der Waals surface area contributed by atoms with Gasteiger partial charge in [0.2, 0.25) is 0 Å². The molecule has 1 aromatic heterocycles. The molecule has 0 bridgehead atoms. The Labute approximate surface area is 122 Å². The van der Waals surface area contributed by atoms with Crippen LogP contribution >= 0.6 is 11.8 Å². The molecule has 0 atom stereocenters. The summed E-state index contributed by atoms with van der Waals surface area (Å²) < 4.78 is 0. The minimum Gasteiger partial charge on any atom is -0.481 e. The highest BCUT2D eigenvalue weighted by molar-refractivity contribution is 7.99. The Bertz CT molecular complexity index is 656. The van der Waals surface area contributed by atoms with Crippen LogP contribution in [0.4, 0.5) is 0 Å². The Morgan fingerprint density at radius 1 is 1.15 bits per heavy atom. The Morgan fingerprint density at radius 3 is 2.55 bits per heavy atom. The summed E-state index contributed by atoms with van der Waals surface area (Å²) in [6.07, 6.45) is 0. The number of carbonyl (C=O) groups is 1. The molecule has 0 fully saturated rings. The fourth-order valence-electron chi connectivity index (χ4n) is 1.78. The molecule has 0 saturated heterocycles. The molecule has 0 radical (unpaired) electrons. The molecule has 0 saturated carbocycles. The van der Waals surface area contributed by atoms with Crippen LogP contribution in [0.25, 0.3) is 11.3 Å². The van der Waals surface area contributed by atoms with E-state index in [0.717, 1.165) is 28.7 Å². The molecule has 104 valence electrons. The van der Waals surface area contributed by atoms with E-state index in [1.54, 1.807) is 0 Å². The first-order valence-corrected chi connectivity index (χ1v) is 7.22. The van der Waals surface area contributed by atoms with E-state index < -0.39 is 5.97 Å². The van der Waals surface area contributed by atoms with Crippen LogP contribution in [-0.2, 0) is 4.79 Å². The molecule has 5 heteroatoms. The Balaban J connectivity index is 2.35. The number of aliphatic carboxylic acids is 1. The van der Waals surface area contributed by atoms with E-state index in [1.165, 1.54) is 11.1 Å². The topological polar surface area (TPSA) is 63.1 Å². The van der Waals surface area contributed by atoms with Gasteiger partial charge in [-0.15, -0.1) is 0 Å². The van der Waals surface area contributed by atoms with Crippen LogP contribution in [0.3, 0.4) is 0 Å². The maximum absolute atomic E-state index is 10.6. The molecule has 0 spiro atoms. The zero-order valence-electron chi connectivity index (χ0n) is 11.7. The van der Waals surface area contributed by atoms with Crippen molar-refractivity contribution in [3.8, 4) is 11.3 Å². The van der Waals surface area contributed by atoms with E-state index in [1.807, 2.05) is 19.1 Å². The number of rotatable bonds is 4. The molecule has 0 unspecified atom stereocenters. The van der Waals surface area contributed by atoms with Gasteiger partial charge in [-0.3, -0.25) is 4.79 Å². The minimum absolute atomic E-state index is 0.0319. The van der Waals surface area contributed by atoms with E-state index in [-0.39, 0.29) is 5.75 Å². The largest absolute Gasteiger partial charge is 0.481 e. The number of hydrogen-bond donors (Lipinski definition) is 1. The molecule has 2 aromatic rings. The van der Waals surface area contributed by atoms with Gasteiger partial charge in [0.15, 0.2) is 5.16 Å². The van der Waals surface area contributed by atoms with Crippen molar-refractivity contribution in [3.05, 3.63) is 41.1 Å². The molecule has 0 amide bonds. The van der Waals surface area contributed by atoms with E-state index in [2.05, 4.69) is 35.9 Å². The predicted octanol–water partition coefficient (Wildman–Crippen LogP) is 3.25. The summed E-state index contributed by atoms with van der Waals surface area (Å²) in [5.74, 6) is -0.900. The summed E-state index contributed by atoms with van der Waals surface area (Å²) in [5.41, 5.74) is 5.13. The standard InChI is InChI=1S/C15H16N2O2S/c1-9-4-5-12(6-10(9)2)13-7-11(3)16-15(17-13)20-8-14(18)19/h4-7H,8H2,1-3H3,(H,18,19). The van der Waals surface area contributed by atoms with E-state index >= 15 is 0 Å². The predicted molar refractivity (Wildman–Crippen MR) is 80.0 cm³/mol. The van der Waals surface area contributed by atoms with Crippen molar-refractivity contribution in [2.45, 2.75) is 25.9 Å². The minimum atomic E-state index is -0.868. The van der Waals surface area contributed by atoms with Crippen LogP contribution in [0, 0.1) is 20.8 Å². The van der Waals surface area contributed by atoms with Crippen molar-refractivity contribution < 1.29 is 9.90 Å². The highest BCUT2D eigenvalue weighted by atomic mass is 32.2. The lowest BCUT2D eigenvalue weighted by atomic mass is 10.0. The fraction of sp³-hybridized carbons (Fsp3) is 0.267. The zero-order chi connectivity index (χ0) is 14.7.